The van der Waals surface area contributed by atoms with E-state index in [2.05, 4.69) is 27.1 Å². The van der Waals surface area contributed by atoms with Gasteiger partial charge >= 0.3 is 0 Å². The standard InChI is InChI=1S/C12H19N5O/c1-12(14-2)3-7-17(8-4-12)11-9(10(13)18)15-5-6-16-11/h5-6,14H,3-4,7-8H2,1-2H3,(H2,13,18). The molecular weight excluding hydrogens is 230 g/mol. The molecule has 6 nitrogen and oxygen atoms in total. The molecule has 1 aromatic heterocycles. The normalized spacial score (nSPS) is 18.7. The number of anilines is 1. The number of hydrogen-bond donors (Lipinski definition) is 2. The minimum absolute atomic E-state index is 0.158. The molecule has 1 aliphatic heterocycles. The molecule has 2 heterocycles. The molecule has 1 amide bonds. The van der Waals surface area contributed by atoms with Crippen molar-refractivity contribution in [2.75, 3.05) is 25.0 Å². The summed E-state index contributed by atoms with van der Waals surface area (Å²) in [6.07, 6.45) is 5.08. The van der Waals surface area contributed by atoms with Gasteiger partial charge in [0.15, 0.2) is 11.5 Å². The first-order valence-electron chi connectivity index (χ1n) is 6.10. The van der Waals surface area contributed by atoms with Crippen molar-refractivity contribution in [2.24, 2.45) is 5.73 Å². The molecular formula is C12H19N5O. The molecule has 0 atom stereocenters. The van der Waals surface area contributed by atoms with Crippen molar-refractivity contribution in [3.8, 4) is 0 Å². The Kier molecular flexibility index (Phi) is 3.47. The lowest BCUT2D eigenvalue weighted by Gasteiger charge is -2.40. The molecule has 6 heteroatoms. The van der Waals surface area contributed by atoms with Crippen LogP contribution in [0.25, 0.3) is 0 Å². The SMILES string of the molecule is CNC1(C)CCN(c2nccnc2C(N)=O)CC1. The van der Waals surface area contributed by atoms with Gasteiger partial charge in [0.25, 0.3) is 5.91 Å². The number of nitrogens with one attached hydrogen (secondary N) is 1. The number of carbonyl (C=O) groups is 1. The molecule has 18 heavy (non-hydrogen) atoms. The molecule has 0 spiro atoms. The maximum atomic E-state index is 11.3. The minimum atomic E-state index is -0.528. The lowest BCUT2D eigenvalue weighted by atomic mass is 9.90. The van der Waals surface area contributed by atoms with E-state index < -0.39 is 5.91 Å². The van der Waals surface area contributed by atoms with E-state index in [1.54, 1.807) is 6.20 Å². The number of amides is 1. The fourth-order valence-corrected chi connectivity index (χ4v) is 2.20. The molecule has 1 fully saturated rings. The van der Waals surface area contributed by atoms with E-state index >= 15 is 0 Å². The van der Waals surface area contributed by atoms with Gasteiger partial charge in [-0.3, -0.25) is 4.79 Å². The topological polar surface area (TPSA) is 84.1 Å². The Labute approximate surface area is 107 Å². The molecule has 1 saturated heterocycles. The molecule has 1 aromatic rings. The van der Waals surface area contributed by atoms with E-state index in [0.717, 1.165) is 25.9 Å². The third-order valence-corrected chi connectivity index (χ3v) is 3.68. The quantitative estimate of drug-likeness (QED) is 0.797. The van der Waals surface area contributed by atoms with Crippen LogP contribution in [0.15, 0.2) is 12.4 Å². The lowest BCUT2D eigenvalue weighted by Crippen LogP contribution is -2.50. The van der Waals surface area contributed by atoms with Gasteiger partial charge in [0, 0.05) is 31.0 Å². The number of hydrogen-bond acceptors (Lipinski definition) is 5. The average Bonchev–Trinajstić information content (AvgIpc) is 2.39. The highest BCUT2D eigenvalue weighted by Gasteiger charge is 2.30. The van der Waals surface area contributed by atoms with E-state index in [0.29, 0.717) is 5.82 Å². The summed E-state index contributed by atoms with van der Waals surface area (Å²) in [5, 5.41) is 3.34. The summed E-state index contributed by atoms with van der Waals surface area (Å²) in [7, 11) is 1.98. The molecule has 3 N–H and O–H groups in total. The number of nitrogens with zero attached hydrogens (tertiary/aromatic N) is 3. The van der Waals surface area contributed by atoms with Crippen molar-refractivity contribution < 1.29 is 4.79 Å². The molecule has 0 aliphatic carbocycles. The number of nitrogens with two attached hydrogens (primary N) is 1. The fourth-order valence-electron chi connectivity index (χ4n) is 2.20. The summed E-state index contributed by atoms with van der Waals surface area (Å²) in [6, 6.07) is 0. The van der Waals surface area contributed by atoms with E-state index in [4.69, 9.17) is 5.73 Å². The number of primary amides is 1. The number of aromatic nitrogens is 2. The Balaban J connectivity index is 2.17. The predicted molar refractivity (Wildman–Crippen MR) is 69.5 cm³/mol. The van der Waals surface area contributed by atoms with Crippen molar-refractivity contribution in [1.29, 1.82) is 0 Å². The van der Waals surface area contributed by atoms with E-state index in [1.807, 2.05) is 7.05 Å². The second-order valence-electron chi connectivity index (χ2n) is 4.89. The van der Waals surface area contributed by atoms with Gasteiger partial charge in [-0.05, 0) is 26.8 Å². The van der Waals surface area contributed by atoms with Crippen LogP contribution in [0, 0.1) is 0 Å². The average molecular weight is 249 g/mol. The van der Waals surface area contributed by atoms with E-state index in [1.165, 1.54) is 6.20 Å². The maximum Gasteiger partial charge on any atom is 0.271 e. The highest BCUT2D eigenvalue weighted by molar-refractivity contribution is 5.95. The van der Waals surface area contributed by atoms with Crippen LogP contribution in [0.3, 0.4) is 0 Å². The smallest absolute Gasteiger partial charge is 0.271 e. The van der Waals surface area contributed by atoms with Crippen molar-refractivity contribution in [3.05, 3.63) is 18.1 Å². The zero-order valence-corrected chi connectivity index (χ0v) is 10.8. The molecule has 2 rings (SSSR count). The monoisotopic (exact) mass is 249 g/mol. The van der Waals surface area contributed by atoms with E-state index in [9.17, 15) is 4.79 Å². The molecule has 0 unspecified atom stereocenters. The van der Waals surface area contributed by atoms with Gasteiger partial charge in [0.05, 0.1) is 0 Å². The zero-order valence-electron chi connectivity index (χ0n) is 10.8. The van der Waals surface area contributed by atoms with Gasteiger partial charge < -0.3 is 16.0 Å². The van der Waals surface area contributed by atoms with Gasteiger partial charge in [-0.2, -0.15) is 0 Å². The number of piperidine rings is 1. The summed E-state index contributed by atoms with van der Waals surface area (Å²) in [5.41, 5.74) is 5.73. The van der Waals surface area contributed by atoms with Gasteiger partial charge in [-0.15, -0.1) is 0 Å². The van der Waals surface area contributed by atoms with Gasteiger partial charge in [-0.25, -0.2) is 9.97 Å². The van der Waals surface area contributed by atoms with Gasteiger partial charge in [-0.1, -0.05) is 0 Å². The maximum absolute atomic E-state index is 11.3. The summed E-state index contributed by atoms with van der Waals surface area (Å²) >= 11 is 0. The fraction of sp³-hybridized carbons (Fsp3) is 0.583. The third-order valence-electron chi connectivity index (χ3n) is 3.68. The van der Waals surface area contributed by atoms with Crippen LogP contribution in [0.2, 0.25) is 0 Å². The van der Waals surface area contributed by atoms with Crippen molar-refractivity contribution in [2.45, 2.75) is 25.3 Å². The molecule has 0 aromatic carbocycles. The zero-order chi connectivity index (χ0) is 13.2. The largest absolute Gasteiger partial charge is 0.364 e. The second kappa shape index (κ2) is 4.89. The Morgan fingerprint density at radius 2 is 2.00 bits per heavy atom. The van der Waals surface area contributed by atoms with Crippen LogP contribution >= 0.6 is 0 Å². The van der Waals surface area contributed by atoms with Crippen LogP contribution < -0.4 is 16.0 Å². The summed E-state index contributed by atoms with van der Waals surface area (Å²) in [4.78, 5) is 21.7. The van der Waals surface area contributed by atoms with Crippen LogP contribution in [0.4, 0.5) is 5.82 Å². The number of carbonyl (C=O) groups excluding carboxylic acids is 1. The third kappa shape index (κ3) is 2.43. The first-order valence-corrected chi connectivity index (χ1v) is 6.10. The first kappa shape index (κ1) is 12.8. The van der Waals surface area contributed by atoms with E-state index in [-0.39, 0.29) is 11.2 Å². The minimum Gasteiger partial charge on any atom is -0.364 e. The van der Waals surface area contributed by atoms with Crippen molar-refractivity contribution >= 4 is 11.7 Å². The summed E-state index contributed by atoms with van der Waals surface area (Å²) < 4.78 is 0. The van der Waals surface area contributed by atoms with Crippen LogP contribution in [-0.4, -0.2) is 41.6 Å². The second-order valence-corrected chi connectivity index (χ2v) is 4.89. The van der Waals surface area contributed by atoms with Gasteiger partial charge in [0.2, 0.25) is 0 Å². The Hall–Kier alpha value is -1.69. The van der Waals surface area contributed by atoms with Crippen molar-refractivity contribution in [3.63, 3.8) is 0 Å². The highest BCUT2D eigenvalue weighted by Crippen LogP contribution is 2.25. The predicted octanol–water partition coefficient (Wildman–Crippen LogP) is 0.154. The molecule has 0 radical (unpaired) electrons. The summed E-state index contributed by atoms with van der Waals surface area (Å²) in [6.45, 7) is 3.89. The number of rotatable bonds is 3. The lowest BCUT2D eigenvalue weighted by molar-refractivity contribution is 0.0995. The van der Waals surface area contributed by atoms with Crippen LogP contribution in [0.1, 0.15) is 30.3 Å². The first-order chi connectivity index (χ1) is 8.56. The van der Waals surface area contributed by atoms with Crippen LogP contribution in [-0.2, 0) is 0 Å². The van der Waals surface area contributed by atoms with Crippen LogP contribution in [0.5, 0.6) is 0 Å². The Morgan fingerprint density at radius 3 is 2.56 bits per heavy atom. The van der Waals surface area contributed by atoms with Crippen molar-refractivity contribution in [1.82, 2.24) is 15.3 Å². The van der Waals surface area contributed by atoms with Gasteiger partial charge in [0.1, 0.15) is 0 Å². The molecule has 1 aliphatic rings. The molecule has 0 saturated carbocycles. The Morgan fingerprint density at radius 1 is 1.39 bits per heavy atom. The highest BCUT2D eigenvalue weighted by atomic mass is 16.1. The molecule has 0 bridgehead atoms. The Bertz CT molecular complexity index is 440. The molecule has 98 valence electrons. The summed E-state index contributed by atoms with van der Waals surface area (Å²) in [5.74, 6) is 0.0724.